The molecule has 4 nitrogen and oxygen atoms in total. The molecule has 2 aromatic rings. The van der Waals surface area contributed by atoms with E-state index in [0.717, 1.165) is 22.2 Å². The highest BCUT2D eigenvalue weighted by Gasteiger charge is 2.05. The fraction of sp³-hybridized carbons (Fsp3) is 0.250. The van der Waals surface area contributed by atoms with Crippen LogP contribution < -0.4 is 10.6 Å². The number of aromatic nitrogens is 1. The number of hydrogen-bond donors (Lipinski definition) is 2. The van der Waals surface area contributed by atoms with E-state index >= 15 is 0 Å². The number of pyridine rings is 1. The van der Waals surface area contributed by atoms with Crippen LogP contribution in [0.3, 0.4) is 0 Å². The van der Waals surface area contributed by atoms with Crippen molar-refractivity contribution in [3.8, 4) is 0 Å². The largest absolute Gasteiger partial charge is 0.326 e. The predicted molar refractivity (Wildman–Crippen MR) is 86.6 cm³/mol. The number of benzene rings is 1. The van der Waals surface area contributed by atoms with E-state index in [-0.39, 0.29) is 5.91 Å². The van der Waals surface area contributed by atoms with Crippen LogP contribution >= 0.6 is 11.8 Å². The number of aryl methyl sites for hydroxylation is 1. The fourth-order valence-electron chi connectivity index (χ4n) is 1.95. The highest BCUT2D eigenvalue weighted by atomic mass is 32.2. The summed E-state index contributed by atoms with van der Waals surface area (Å²) in [4.78, 5) is 16.6. The number of nitrogens with zero attached hydrogens (tertiary/aromatic N) is 1. The average molecular weight is 301 g/mol. The molecule has 0 saturated carbocycles. The summed E-state index contributed by atoms with van der Waals surface area (Å²) in [6.07, 6.45) is 1.90. The molecule has 1 amide bonds. The zero-order valence-corrected chi connectivity index (χ0v) is 13.3. The van der Waals surface area contributed by atoms with E-state index in [1.165, 1.54) is 18.1 Å². The Labute approximate surface area is 129 Å². The molecule has 5 heteroatoms. The number of carbonyl (C=O) groups excluding carboxylic acids is 1. The molecule has 0 aliphatic heterocycles. The maximum atomic E-state index is 11.0. The van der Waals surface area contributed by atoms with Crippen LogP contribution in [0, 0.1) is 6.92 Å². The Morgan fingerprint density at radius 2 is 2.00 bits per heavy atom. The molecule has 2 N–H and O–H groups in total. The van der Waals surface area contributed by atoms with Gasteiger partial charge in [-0.2, -0.15) is 0 Å². The third-order valence-electron chi connectivity index (χ3n) is 2.86. The van der Waals surface area contributed by atoms with Gasteiger partial charge in [0.1, 0.15) is 5.03 Å². The second-order valence-corrected chi connectivity index (χ2v) is 5.87. The monoisotopic (exact) mass is 301 g/mol. The minimum Gasteiger partial charge on any atom is -0.326 e. The smallest absolute Gasteiger partial charge is 0.221 e. The molecule has 0 saturated heterocycles. The van der Waals surface area contributed by atoms with E-state index in [9.17, 15) is 4.79 Å². The molecule has 0 atom stereocenters. The first-order valence-electron chi connectivity index (χ1n) is 6.74. The van der Waals surface area contributed by atoms with Crippen molar-refractivity contribution in [2.24, 2.45) is 0 Å². The van der Waals surface area contributed by atoms with Crippen molar-refractivity contribution >= 4 is 23.4 Å². The zero-order valence-electron chi connectivity index (χ0n) is 12.4. The molecule has 1 heterocycles. The summed E-state index contributed by atoms with van der Waals surface area (Å²) in [5, 5.41) is 6.88. The van der Waals surface area contributed by atoms with Crippen molar-refractivity contribution in [1.29, 1.82) is 0 Å². The van der Waals surface area contributed by atoms with Crippen LogP contribution in [-0.4, -0.2) is 17.9 Å². The van der Waals surface area contributed by atoms with E-state index in [1.807, 2.05) is 37.5 Å². The summed E-state index contributed by atoms with van der Waals surface area (Å²) in [7, 11) is 1.93. The summed E-state index contributed by atoms with van der Waals surface area (Å²) in [5.41, 5.74) is 3.15. The summed E-state index contributed by atoms with van der Waals surface area (Å²) >= 11 is 1.62. The fourth-order valence-corrected chi connectivity index (χ4v) is 2.77. The first-order valence-corrected chi connectivity index (χ1v) is 7.56. The molecule has 2 rings (SSSR count). The minimum atomic E-state index is -0.0620. The van der Waals surface area contributed by atoms with Crippen molar-refractivity contribution in [1.82, 2.24) is 10.3 Å². The summed E-state index contributed by atoms with van der Waals surface area (Å²) in [6, 6.07) is 9.91. The number of carbonyl (C=O) groups is 1. The Kier molecular flexibility index (Phi) is 5.36. The van der Waals surface area contributed by atoms with Crippen LogP contribution in [0.2, 0.25) is 0 Å². The molecule has 21 heavy (non-hydrogen) atoms. The van der Waals surface area contributed by atoms with Crippen LogP contribution in [0.1, 0.15) is 18.1 Å². The molecular weight excluding hydrogens is 282 g/mol. The van der Waals surface area contributed by atoms with Crippen LogP contribution in [0.4, 0.5) is 5.69 Å². The van der Waals surface area contributed by atoms with Gasteiger partial charge in [0.25, 0.3) is 0 Å². The highest BCUT2D eigenvalue weighted by Crippen LogP contribution is 2.29. The maximum absolute atomic E-state index is 11.0. The standard InChI is InChI=1S/C16H19N3OS/c1-11-8-13(9-17-3)10-18-16(11)21-15-6-4-14(5-7-15)19-12(2)20/h4-8,10,17H,9H2,1-3H3,(H,19,20). The molecule has 0 aliphatic rings. The van der Waals surface area contributed by atoms with Gasteiger partial charge in [-0.25, -0.2) is 4.98 Å². The molecule has 0 radical (unpaired) electrons. The lowest BCUT2D eigenvalue weighted by Gasteiger charge is -2.08. The number of hydrogen-bond acceptors (Lipinski definition) is 4. The van der Waals surface area contributed by atoms with Crippen molar-refractivity contribution in [3.63, 3.8) is 0 Å². The van der Waals surface area contributed by atoms with Gasteiger partial charge in [0.15, 0.2) is 0 Å². The SMILES string of the molecule is CNCc1cnc(Sc2ccc(NC(C)=O)cc2)c(C)c1. The molecule has 0 bridgehead atoms. The molecule has 0 aliphatic carbocycles. The summed E-state index contributed by atoms with van der Waals surface area (Å²) < 4.78 is 0. The molecule has 1 aromatic carbocycles. The van der Waals surface area contributed by atoms with Crippen LogP contribution in [-0.2, 0) is 11.3 Å². The highest BCUT2D eigenvalue weighted by molar-refractivity contribution is 7.99. The van der Waals surface area contributed by atoms with Crippen LogP contribution in [0.5, 0.6) is 0 Å². The van der Waals surface area contributed by atoms with Gasteiger partial charge in [0, 0.05) is 30.2 Å². The van der Waals surface area contributed by atoms with E-state index < -0.39 is 0 Å². The van der Waals surface area contributed by atoms with Gasteiger partial charge in [-0.15, -0.1) is 0 Å². The molecule has 110 valence electrons. The van der Waals surface area contributed by atoms with Crippen molar-refractivity contribution in [3.05, 3.63) is 47.7 Å². The van der Waals surface area contributed by atoms with Crippen LogP contribution in [0.25, 0.3) is 0 Å². The normalized spacial score (nSPS) is 10.4. The Morgan fingerprint density at radius 1 is 1.29 bits per heavy atom. The minimum absolute atomic E-state index is 0.0620. The Hall–Kier alpha value is -1.85. The van der Waals surface area contributed by atoms with E-state index in [4.69, 9.17) is 0 Å². The first kappa shape index (κ1) is 15.5. The molecule has 0 spiro atoms. The Morgan fingerprint density at radius 3 is 2.57 bits per heavy atom. The third-order valence-corrected chi connectivity index (χ3v) is 3.99. The number of amides is 1. The third kappa shape index (κ3) is 4.58. The molecular formula is C16H19N3OS. The van der Waals surface area contributed by atoms with Gasteiger partial charge >= 0.3 is 0 Å². The summed E-state index contributed by atoms with van der Waals surface area (Å²) in [5.74, 6) is -0.0620. The van der Waals surface area contributed by atoms with Crippen molar-refractivity contribution in [2.45, 2.75) is 30.3 Å². The predicted octanol–water partition coefficient (Wildman–Crippen LogP) is 3.22. The molecule has 0 unspecified atom stereocenters. The van der Waals surface area contributed by atoms with Crippen LogP contribution in [0.15, 0.2) is 46.5 Å². The second-order valence-electron chi connectivity index (χ2n) is 4.80. The lowest BCUT2D eigenvalue weighted by molar-refractivity contribution is -0.114. The Balaban J connectivity index is 2.09. The van der Waals surface area contributed by atoms with Gasteiger partial charge in [-0.1, -0.05) is 17.8 Å². The first-order chi connectivity index (χ1) is 10.1. The number of anilines is 1. The molecule has 1 aromatic heterocycles. The average Bonchev–Trinajstić information content (AvgIpc) is 2.44. The topological polar surface area (TPSA) is 54.0 Å². The summed E-state index contributed by atoms with van der Waals surface area (Å²) in [6.45, 7) is 4.40. The molecule has 0 fully saturated rings. The van der Waals surface area contributed by atoms with Gasteiger partial charge < -0.3 is 10.6 Å². The van der Waals surface area contributed by atoms with Gasteiger partial charge in [0.2, 0.25) is 5.91 Å². The van der Waals surface area contributed by atoms with E-state index in [0.29, 0.717) is 0 Å². The van der Waals surface area contributed by atoms with Gasteiger partial charge in [-0.05, 0) is 49.4 Å². The lowest BCUT2D eigenvalue weighted by Crippen LogP contribution is -2.06. The van der Waals surface area contributed by atoms with E-state index in [2.05, 4.69) is 28.6 Å². The van der Waals surface area contributed by atoms with E-state index in [1.54, 1.807) is 11.8 Å². The quantitative estimate of drug-likeness (QED) is 0.890. The van der Waals surface area contributed by atoms with Crippen molar-refractivity contribution in [2.75, 3.05) is 12.4 Å². The van der Waals surface area contributed by atoms with Gasteiger partial charge in [0.05, 0.1) is 0 Å². The maximum Gasteiger partial charge on any atom is 0.221 e. The Bertz CT molecular complexity index is 626. The zero-order chi connectivity index (χ0) is 15.2. The second kappa shape index (κ2) is 7.24. The van der Waals surface area contributed by atoms with Gasteiger partial charge in [-0.3, -0.25) is 4.79 Å². The van der Waals surface area contributed by atoms with Crippen molar-refractivity contribution < 1.29 is 4.79 Å². The number of rotatable bonds is 5. The lowest BCUT2D eigenvalue weighted by atomic mass is 10.2. The number of nitrogens with one attached hydrogen (secondary N) is 2.